The molecule has 4 N–H and O–H groups in total. The Morgan fingerprint density at radius 3 is 2.43 bits per heavy atom. The van der Waals surface area contributed by atoms with Crippen molar-refractivity contribution in [3.05, 3.63) is 17.1 Å². The molecule has 0 aromatic carbocycles. The molecule has 0 bridgehead atoms. The number of hydrogen-bond donors (Lipinski definition) is 3. The van der Waals surface area contributed by atoms with E-state index < -0.39 is 63.7 Å². The Labute approximate surface area is 134 Å². The molecule has 0 saturated carbocycles. The van der Waals surface area contributed by atoms with E-state index >= 15 is 0 Å². The lowest BCUT2D eigenvalue weighted by Crippen LogP contribution is -2.44. The maximum Gasteiger partial charge on any atom is 0.423 e. The minimum absolute atomic E-state index is 0.432. The normalized spacial score (nSPS) is 16.7. The summed E-state index contributed by atoms with van der Waals surface area (Å²) in [6.45, 7) is 0. The molecule has 23 heavy (non-hydrogen) atoms. The first kappa shape index (κ1) is 19.8. The minimum atomic E-state index is -5.10. The molecule has 1 aromatic rings. The maximum absolute atomic E-state index is 13.1. The molecule has 7 nitrogen and oxygen atoms in total. The number of nitrogens with zero attached hydrogens (tertiary/aromatic N) is 1. The zero-order valence-electron chi connectivity index (χ0n) is 11.7. The number of aromatic nitrogens is 1. The van der Waals surface area contributed by atoms with Crippen molar-refractivity contribution in [3.63, 3.8) is 0 Å². The first-order chi connectivity index (χ1) is 10.4. The molecular weight excluding hydrogens is 361 g/mol. The van der Waals surface area contributed by atoms with Crippen LogP contribution in [0.1, 0.15) is 18.5 Å². The van der Waals surface area contributed by atoms with Crippen molar-refractivity contribution < 1.29 is 36.6 Å². The number of carboxylic acid groups (broad SMARTS) is 1. The summed E-state index contributed by atoms with van der Waals surface area (Å²) >= 11 is 0.692. The van der Waals surface area contributed by atoms with E-state index in [1.807, 2.05) is 0 Å². The molecule has 0 fully saturated rings. The molecule has 0 aliphatic rings. The van der Waals surface area contributed by atoms with Gasteiger partial charge in [-0.25, -0.2) is 8.42 Å². The summed E-state index contributed by atoms with van der Waals surface area (Å²) in [5.41, 5.74) is 1.10. The van der Waals surface area contributed by atoms with Gasteiger partial charge in [0, 0.05) is 11.8 Å². The second kappa shape index (κ2) is 7.11. The molecule has 1 rings (SSSR count). The Morgan fingerprint density at radius 2 is 2.00 bits per heavy atom. The number of carboxylic acids is 1. The average molecular weight is 376 g/mol. The van der Waals surface area contributed by atoms with Gasteiger partial charge < -0.3 is 15.9 Å². The first-order valence-electron chi connectivity index (χ1n) is 6.28. The summed E-state index contributed by atoms with van der Waals surface area (Å²) in [7, 11) is -4.02. The molecule has 0 radical (unpaired) electrons. The number of alkyl halides is 3. The van der Waals surface area contributed by atoms with Crippen molar-refractivity contribution in [1.82, 2.24) is 4.37 Å². The predicted octanol–water partition coefficient (Wildman–Crippen LogP) is 0.500. The molecule has 0 saturated heterocycles. The van der Waals surface area contributed by atoms with Gasteiger partial charge in [-0.15, -0.1) is 0 Å². The van der Waals surface area contributed by atoms with E-state index in [0.29, 0.717) is 11.5 Å². The highest BCUT2D eigenvalue weighted by Crippen LogP contribution is 2.41. The summed E-state index contributed by atoms with van der Waals surface area (Å²) in [5.74, 6) is -3.08. The number of aliphatic hydroxyl groups is 1. The zero-order valence-corrected chi connectivity index (χ0v) is 13.3. The lowest BCUT2D eigenvalue weighted by Gasteiger charge is -2.28. The van der Waals surface area contributed by atoms with Gasteiger partial charge in [-0.1, -0.05) is 0 Å². The summed E-state index contributed by atoms with van der Waals surface area (Å²) in [5, 5.41) is 19.7. The highest BCUT2D eigenvalue weighted by molar-refractivity contribution is 7.91. The fourth-order valence-corrected chi connectivity index (χ4v) is 3.68. The fourth-order valence-electron chi connectivity index (χ4n) is 1.68. The van der Waals surface area contributed by atoms with Crippen LogP contribution in [0.25, 0.3) is 0 Å². The summed E-state index contributed by atoms with van der Waals surface area (Å²) in [4.78, 5) is 10.5. The van der Waals surface area contributed by atoms with Crippen LogP contribution in [0.3, 0.4) is 0 Å². The minimum Gasteiger partial charge on any atom is -0.480 e. The smallest absolute Gasteiger partial charge is 0.423 e. The fraction of sp³-hybridized carbons (Fsp3) is 0.636. The topological polar surface area (TPSA) is 131 Å². The number of halogens is 3. The van der Waals surface area contributed by atoms with Crippen molar-refractivity contribution in [2.75, 3.05) is 11.5 Å². The van der Waals surface area contributed by atoms with Gasteiger partial charge in [-0.3, -0.25) is 4.79 Å². The largest absolute Gasteiger partial charge is 0.480 e. The third-order valence-corrected chi connectivity index (χ3v) is 5.41. The van der Waals surface area contributed by atoms with Crippen LogP contribution in [-0.2, 0) is 20.2 Å². The first-order valence-corrected chi connectivity index (χ1v) is 8.93. The number of rotatable bonds is 8. The Bertz CT molecular complexity index is 633. The van der Waals surface area contributed by atoms with E-state index in [1.54, 1.807) is 0 Å². The van der Waals surface area contributed by atoms with Crippen LogP contribution in [0.4, 0.5) is 13.2 Å². The quantitative estimate of drug-likeness (QED) is 0.602. The molecule has 1 heterocycles. The van der Waals surface area contributed by atoms with Crippen molar-refractivity contribution >= 4 is 27.3 Å². The van der Waals surface area contributed by atoms with Crippen LogP contribution >= 0.6 is 11.5 Å². The third kappa shape index (κ3) is 5.12. The third-order valence-electron chi connectivity index (χ3n) is 3.16. The van der Waals surface area contributed by atoms with Gasteiger partial charge in [-0.05, 0) is 24.0 Å². The van der Waals surface area contributed by atoms with Crippen molar-refractivity contribution in [1.29, 1.82) is 0 Å². The highest BCUT2D eigenvalue weighted by Gasteiger charge is 2.56. The van der Waals surface area contributed by atoms with Crippen LogP contribution in [0.2, 0.25) is 0 Å². The van der Waals surface area contributed by atoms with E-state index in [-0.39, 0.29) is 0 Å². The molecule has 12 heteroatoms. The van der Waals surface area contributed by atoms with Gasteiger partial charge >= 0.3 is 12.1 Å². The van der Waals surface area contributed by atoms with Crippen molar-refractivity contribution in [2.24, 2.45) is 5.73 Å². The SMILES string of the molecule is N[C@@H](CCS(=O)(=O)CCC(O)(c1ccsn1)C(F)(F)F)C(=O)O. The van der Waals surface area contributed by atoms with E-state index in [4.69, 9.17) is 10.8 Å². The van der Waals surface area contributed by atoms with Crippen LogP contribution in [-0.4, -0.2) is 52.7 Å². The van der Waals surface area contributed by atoms with Gasteiger partial charge in [-0.2, -0.15) is 17.5 Å². The number of nitrogens with two attached hydrogens (primary N) is 1. The molecular formula is C11H15F3N2O5S2. The summed E-state index contributed by atoms with van der Waals surface area (Å²) in [6.07, 6.45) is -6.67. The van der Waals surface area contributed by atoms with Crippen molar-refractivity contribution in [2.45, 2.75) is 30.7 Å². The number of sulfone groups is 1. The van der Waals surface area contributed by atoms with Crippen LogP contribution in [0.5, 0.6) is 0 Å². The van der Waals surface area contributed by atoms with Crippen molar-refractivity contribution in [3.8, 4) is 0 Å². The van der Waals surface area contributed by atoms with Gasteiger partial charge in [0.1, 0.15) is 6.04 Å². The molecule has 0 aliphatic carbocycles. The van der Waals surface area contributed by atoms with Crippen LogP contribution in [0.15, 0.2) is 11.4 Å². The zero-order chi connectivity index (χ0) is 17.9. The second-order valence-electron chi connectivity index (χ2n) is 4.88. The number of aliphatic carboxylic acids is 1. The highest BCUT2D eigenvalue weighted by atomic mass is 32.2. The van der Waals surface area contributed by atoms with Gasteiger partial charge in [0.05, 0.1) is 17.2 Å². The lowest BCUT2D eigenvalue weighted by atomic mass is 9.96. The molecule has 1 aromatic heterocycles. The Morgan fingerprint density at radius 1 is 1.39 bits per heavy atom. The summed E-state index contributed by atoms with van der Waals surface area (Å²) in [6, 6.07) is -0.463. The van der Waals surface area contributed by atoms with Crippen LogP contribution < -0.4 is 5.73 Å². The lowest BCUT2D eigenvalue weighted by molar-refractivity contribution is -0.268. The summed E-state index contributed by atoms with van der Waals surface area (Å²) < 4.78 is 66.2. The number of carbonyl (C=O) groups is 1. The molecule has 0 amide bonds. The molecule has 0 aliphatic heterocycles. The standard InChI is InChI=1S/C11H15F3N2O5S2/c12-11(13,14)10(19,8-1-4-22-16-8)3-6-23(20,21)5-2-7(15)9(17)18/h1,4,7,19H,2-3,5-6,15H2,(H,17,18)/t7-,10?/m0/s1. The second-order valence-corrected chi connectivity index (χ2v) is 7.85. The number of hydrogen-bond acceptors (Lipinski definition) is 7. The van der Waals surface area contributed by atoms with Crippen LogP contribution in [0, 0.1) is 0 Å². The van der Waals surface area contributed by atoms with Gasteiger partial charge in [0.25, 0.3) is 0 Å². The molecule has 2 atom stereocenters. The van der Waals surface area contributed by atoms with Gasteiger partial charge in [0.2, 0.25) is 5.60 Å². The van der Waals surface area contributed by atoms with Gasteiger partial charge in [0.15, 0.2) is 9.84 Å². The monoisotopic (exact) mass is 376 g/mol. The Hall–Kier alpha value is -1.24. The Kier molecular flexibility index (Phi) is 6.12. The van der Waals surface area contributed by atoms with E-state index in [2.05, 4.69) is 4.37 Å². The maximum atomic E-state index is 13.1. The van der Waals surface area contributed by atoms with E-state index in [9.17, 15) is 31.5 Å². The average Bonchev–Trinajstić information content (AvgIpc) is 2.95. The van der Waals surface area contributed by atoms with E-state index in [0.717, 1.165) is 6.07 Å². The molecule has 0 spiro atoms. The molecule has 132 valence electrons. The predicted molar refractivity (Wildman–Crippen MR) is 75.6 cm³/mol. The van der Waals surface area contributed by atoms with E-state index in [1.165, 1.54) is 5.38 Å². The molecule has 1 unspecified atom stereocenters. The Balaban J connectivity index is 2.81.